The van der Waals surface area contributed by atoms with Gasteiger partial charge in [0.1, 0.15) is 5.52 Å². The second-order valence-electron chi connectivity index (χ2n) is 4.73. The van der Waals surface area contributed by atoms with Crippen LogP contribution in [-0.2, 0) is 6.42 Å². The van der Waals surface area contributed by atoms with Crippen molar-refractivity contribution in [2.75, 3.05) is 6.54 Å². The molecule has 2 aromatic carbocycles. The molecule has 0 saturated carbocycles. The van der Waals surface area contributed by atoms with Crippen LogP contribution in [0, 0.1) is 6.92 Å². The highest BCUT2D eigenvalue weighted by Crippen LogP contribution is 2.25. The first-order valence-corrected chi connectivity index (χ1v) is 6.43. The Kier molecular flexibility index (Phi) is 3.05. The lowest BCUT2D eigenvalue weighted by Gasteiger charge is -1.99. The molecule has 0 atom stereocenters. The molecule has 0 fully saturated rings. The van der Waals surface area contributed by atoms with E-state index in [1.54, 1.807) is 0 Å². The van der Waals surface area contributed by atoms with E-state index < -0.39 is 0 Å². The van der Waals surface area contributed by atoms with E-state index >= 15 is 0 Å². The predicted octanol–water partition coefficient (Wildman–Crippen LogP) is 3.30. The van der Waals surface area contributed by atoms with E-state index in [4.69, 9.17) is 10.2 Å². The average molecular weight is 252 g/mol. The number of aromatic nitrogens is 1. The quantitative estimate of drug-likeness (QED) is 0.778. The fourth-order valence-electron chi connectivity index (χ4n) is 2.14. The van der Waals surface area contributed by atoms with Crippen LogP contribution in [0.4, 0.5) is 0 Å². The molecule has 96 valence electrons. The Morgan fingerprint density at radius 1 is 1.11 bits per heavy atom. The Morgan fingerprint density at radius 3 is 2.63 bits per heavy atom. The number of benzene rings is 2. The van der Waals surface area contributed by atoms with Crippen LogP contribution in [0.2, 0.25) is 0 Å². The Balaban J connectivity index is 1.99. The van der Waals surface area contributed by atoms with Crippen molar-refractivity contribution in [2.24, 2.45) is 5.73 Å². The second kappa shape index (κ2) is 4.86. The molecular weight excluding hydrogens is 236 g/mol. The minimum Gasteiger partial charge on any atom is -0.436 e. The lowest BCUT2D eigenvalue weighted by atomic mass is 10.1. The van der Waals surface area contributed by atoms with Gasteiger partial charge in [0.05, 0.1) is 0 Å². The summed E-state index contributed by atoms with van der Waals surface area (Å²) < 4.78 is 5.77. The molecular formula is C16H16N2O. The third-order valence-corrected chi connectivity index (χ3v) is 3.18. The lowest BCUT2D eigenvalue weighted by molar-refractivity contribution is 0.620. The number of hydrogen-bond acceptors (Lipinski definition) is 3. The highest BCUT2D eigenvalue weighted by atomic mass is 16.3. The molecule has 19 heavy (non-hydrogen) atoms. The van der Waals surface area contributed by atoms with Crippen molar-refractivity contribution in [3.05, 3.63) is 53.6 Å². The van der Waals surface area contributed by atoms with Gasteiger partial charge < -0.3 is 10.2 Å². The predicted molar refractivity (Wildman–Crippen MR) is 76.9 cm³/mol. The summed E-state index contributed by atoms with van der Waals surface area (Å²) in [4.78, 5) is 4.53. The normalized spacial score (nSPS) is 11.1. The van der Waals surface area contributed by atoms with E-state index in [2.05, 4.69) is 24.0 Å². The molecule has 0 amide bonds. The Bertz CT molecular complexity index is 698. The zero-order valence-electron chi connectivity index (χ0n) is 10.9. The number of aryl methyl sites for hydroxylation is 1. The summed E-state index contributed by atoms with van der Waals surface area (Å²) in [5.41, 5.74) is 10.7. The van der Waals surface area contributed by atoms with Gasteiger partial charge in [-0.05, 0) is 55.3 Å². The molecule has 0 aliphatic rings. The number of rotatable bonds is 3. The first kappa shape index (κ1) is 11.9. The van der Waals surface area contributed by atoms with Gasteiger partial charge in [-0.15, -0.1) is 0 Å². The average Bonchev–Trinajstić information content (AvgIpc) is 2.83. The molecule has 3 rings (SSSR count). The molecule has 3 nitrogen and oxygen atoms in total. The third kappa shape index (κ3) is 2.37. The van der Waals surface area contributed by atoms with Crippen LogP contribution in [0.25, 0.3) is 22.6 Å². The second-order valence-corrected chi connectivity index (χ2v) is 4.73. The van der Waals surface area contributed by atoms with Crippen LogP contribution in [0.5, 0.6) is 0 Å². The molecule has 0 radical (unpaired) electrons. The molecule has 3 aromatic rings. The van der Waals surface area contributed by atoms with Crippen molar-refractivity contribution in [3.63, 3.8) is 0 Å². The first-order valence-electron chi connectivity index (χ1n) is 6.43. The van der Waals surface area contributed by atoms with E-state index in [0.29, 0.717) is 12.4 Å². The van der Waals surface area contributed by atoms with Crippen LogP contribution in [0.3, 0.4) is 0 Å². The van der Waals surface area contributed by atoms with Crippen LogP contribution in [0.15, 0.2) is 46.9 Å². The van der Waals surface area contributed by atoms with Crippen LogP contribution in [0.1, 0.15) is 11.1 Å². The minimum atomic E-state index is 0.667. The summed E-state index contributed by atoms with van der Waals surface area (Å²) in [5.74, 6) is 0.667. The van der Waals surface area contributed by atoms with Gasteiger partial charge in [-0.25, -0.2) is 4.98 Å². The summed E-state index contributed by atoms with van der Waals surface area (Å²) in [6, 6.07) is 14.2. The molecule has 0 spiro atoms. The van der Waals surface area contributed by atoms with Gasteiger partial charge in [-0.3, -0.25) is 0 Å². The standard InChI is InChI=1S/C16H16N2O/c1-11-2-7-15-14(10-11)18-16(19-15)13-5-3-12(4-6-13)8-9-17/h2-7,10H,8-9,17H2,1H3. The van der Waals surface area contributed by atoms with Crippen molar-refractivity contribution >= 4 is 11.1 Å². The van der Waals surface area contributed by atoms with Crippen molar-refractivity contribution in [2.45, 2.75) is 13.3 Å². The van der Waals surface area contributed by atoms with Gasteiger partial charge in [0.15, 0.2) is 5.58 Å². The van der Waals surface area contributed by atoms with Crippen LogP contribution >= 0.6 is 0 Å². The Labute approximate surface area is 112 Å². The maximum atomic E-state index is 5.77. The van der Waals surface area contributed by atoms with Gasteiger partial charge in [0.25, 0.3) is 0 Å². The molecule has 1 heterocycles. The van der Waals surface area contributed by atoms with Crippen LogP contribution < -0.4 is 5.73 Å². The Morgan fingerprint density at radius 2 is 1.89 bits per heavy atom. The van der Waals surface area contributed by atoms with Gasteiger partial charge in [0.2, 0.25) is 5.89 Å². The maximum absolute atomic E-state index is 5.77. The maximum Gasteiger partial charge on any atom is 0.227 e. The summed E-state index contributed by atoms with van der Waals surface area (Å²) in [7, 11) is 0. The summed E-state index contributed by atoms with van der Waals surface area (Å²) in [6.07, 6.45) is 0.896. The molecule has 2 N–H and O–H groups in total. The molecule has 1 aromatic heterocycles. The molecule has 0 saturated heterocycles. The van der Waals surface area contributed by atoms with E-state index in [-0.39, 0.29) is 0 Å². The molecule has 0 aliphatic carbocycles. The number of nitrogens with two attached hydrogens (primary N) is 1. The van der Waals surface area contributed by atoms with E-state index in [1.165, 1.54) is 11.1 Å². The van der Waals surface area contributed by atoms with Gasteiger partial charge in [0, 0.05) is 5.56 Å². The van der Waals surface area contributed by atoms with Crippen molar-refractivity contribution in [1.82, 2.24) is 4.98 Å². The van der Waals surface area contributed by atoms with Gasteiger partial charge in [-0.2, -0.15) is 0 Å². The zero-order valence-corrected chi connectivity index (χ0v) is 10.9. The molecule has 0 aliphatic heterocycles. The fraction of sp³-hybridized carbons (Fsp3) is 0.188. The zero-order chi connectivity index (χ0) is 13.2. The van der Waals surface area contributed by atoms with Gasteiger partial charge in [-0.1, -0.05) is 18.2 Å². The van der Waals surface area contributed by atoms with Crippen molar-refractivity contribution in [3.8, 4) is 11.5 Å². The highest BCUT2D eigenvalue weighted by molar-refractivity contribution is 5.76. The van der Waals surface area contributed by atoms with Crippen molar-refractivity contribution < 1.29 is 4.42 Å². The first-order chi connectivity index (χ1) is 9.26. The van der Waals surface area contributed by atoms with Crippen LogP contribution in [-0.4, -0.2) is 11.5 Å². The minimum absolute atomic E-state index is 0.667. The number of oxazole rings is 1. The summed E-state index contributed by atoms with van der Waals surface area (Å²) >= 11 is 0. The van der Waals surface area contributed by atoms with Gasteiger partial charge >= 0.3 is 0 Å². The Hall–Kier alpha value is -2.13. The topological polar surface area (TPSA) is 52.0 Å². The van der Waals surface area contributed by atoms with E-state index in [0.717, 1.165) is 23.1 Å². The van der Waals surface area contributed by atoms with E-state index in [9.17, 15) is 0 Å². The number of fused-ring (bicyclic) bond motifs is 1. The summed E-state index contributed by atoms with van der Waals surface area (Å²) in [6.45, 7) is 2.72. The lowest BCUT2D eigenvalue weighted by Crippen LogP contribution is -2.02. The SMILES string of the molecule is Cc1ccc2oc(-c3ccc(CCN)cc3)nc2c1. The monoisotopic (exact) mass is 252 g/mol. The summed E-state index contributed by atoms with van der Waals surface area (Å²) in [5, 5.41) is 0. The third-order valence-electron chi connectivity index (χ3n) is 3.18. The fourth-order valence-corrected chi connectivity index (χ4v) is 2.14. The molecule has 0 unspecified atom stereocenters. The largest absolute Gasteiger partial charge is 0.436 e. The highest BCUT2D eigenvalue weighted by Gasteiger charge is 2.08. The smallest absolute Gasteiger partial charge is 0.227 e. The number of hydrogen-bond donors (Lipinski definition) is 1. The number of nitrogens with zero attached hydrogens (tertiary/aromatic N) is 1. The molecule has 0 bridgehead atoms. The van der Waals surface area contributed by atoms with E-state index in [1.807, 2.05) is 30.3 Å². The van der Waals surface area contributed by atoms with Crippen molar-refractivity contribution in [1.29, 1.82) is 0 Å². The molecule has 3 heteroatoms.